The lowest BCUT2D eigenvalue weighted by atomic mass is 10.1. The van der Waals surface area contributed by atoms with Gasteiger partial charge in [-0.05, 0) is 54.8 Å². The zero-order valence-corrected chi connectivity index (χ0v) is 16.7. The Morgan fingerprint density at radius 1 is 1.07 bits per heavy atom. The van der Waals surface area contributed by atoms with Gasteiger partial charge in [0, 0.05) is 16.0 Å². The summed E-state index contributed by atoms with van der Waals surface area (Å²) in [4.78, 5) is 18.0. The van der Waals surface area contributed by atoms with E-state index in [9.17, 15) is 4.79 Å². The number of nitrogens with one attached hydrogen (secondary N) is 1. The number of rotatable bonds is 7. The molecule has 5 nitrogen and oxygen atoms in total. The zero-order chi connectivity index (χ0) is 20.1. The number of ether oxygens (including phenoxy) is 1. The van der Waals surface area contributed by atoms with E-state index >= 15 is 0 Å². The first-order valence-corrected chi connectivity index (χ1v) is 10.1. The number of hydrogen-bond acceptors (Lipinski definition) is 5. The van der Waals surface area contributed by atoms with E-state index in [0.29, 0.717) is 30.4 Å². The first-order valence-electron chi connectivity index (χ1n) is 9.24. The zero-order valence-electron chi connectivity index (χ0n) is 15.9. The number of thiophene rings is 1. The fourth-order valence-electron chi connectivity index (χ4n) is 2.80. The average molecular weight is 404 g/mol. The van der Waals surface area contributed by atoms with Crippen molar-refractivity contribution in [2.24, 2.45) is 0 Å². The lowest BCUT2D eigenvalue weighted by molar-refractivity contribution is 0.0951. The number of carbonyl (C=O) groups excluding carboxylic acids is 1. The molecule has 2 aromatic carbocycles. The minimum Gasteiger partial charge on any atom is -0.487 e. The Bertz CT molecular complexity index is 1070. The first kappa shape index (κ1) is 19.0. The summed E-state index contributed by atoms with van der Waals surface area (Å²) in [6, 6.07) is 20.8. The Kier molecular flexibility index (Phi) is 5.72. The molecular formula is C23H20N2O3S. The Balaban J connectivity index is 1.40. The second-order valence-corrected chi connectivity index (χ2v) is 7.50. The molecule has 0 aliphatic carbocycles. The van der Waals surface area contributed by atoms with Gasteiger partial charge in [0.25, 0.3) is 5.91 Å². The summed E-state index contributed by atoms with van der Waals surface area (Å²) in [6.45, 7) is 2.73. The van der Waals surface area contributed by atoms with Crippen LogP contribution in [0, 0.1) is 6.92 Å². The van der Waals surface area contributed by atoms with Crippen molar-refractivity contribution in [1.82, 2.24) is 10.3 Å². The minimum absolute atomic E-state index is 0.106. The predicted molar refractivity (Wildman–Crippen MR) is 113 cm³/mol. The maximum atomic E-state index is 12.3. The van der Waals surface area contributed by atoms with Crippen molar-refractivity contribution in [1.29, 1.82) is 0 Å². The maximum Gasteiger partial charge on any atom is 0.251 e. The van der Waals surface area contributed by atoms with Gasteiger partial charge in [0.05, 0.1) is 6.54 Å². The highest BCUT2D eigenvalue weighted by Crippen LogP contribution is 2.23. The van der Waals surface area contributed by atoms with Crippen molar-refractivity contribution in [2.45, 2.75) is 20.1 Å². The van der Waals surface area contributed by atoms with Crippen LogP contribution >= 0.6 is 11.3 Å². The third kappa shape index (κ3) is 4.73. The Morgan fingerprint density at radius 3 is 2.59 bits per heavy atom. The molecule has 29 heavy (non-hydrogen) atoms. The summed E-state index contributed by atoms with van der Waals surface area (Å²) in [6.07, 6.45) is 0. The van der Waals surface area contributed by atoms with E-state index in [1.54, 1.807) is 23.5 Å². The molecule has 146 valence electrons. The lowest BCUT2D eigenvalue weighted by Gasteiger charge is -2.04. The van der Waals surface area contributed by atoms with E-state index < -0.39 is 0 Å². The number of para-hydroxylation sites is 1. The molecule has 0 spiro atoms. The molecule has 4 rings (SSSR count). The van der Waals surface area contributed by atoms with Gasteiger partial charge in [0.2, 0.25) is 5.89 Å². The van der Waals surface area contributed by atoms with Crippen molar-refractivity contribution in [3.05, 3.63) is 94.0 Å². The maximum absolute atomic E-state index is 12.3. The van der Waals surface area contributed by atoms with E-state index in [1.807, 2.05) is 66.9 Å². The number of benzene rings is 2. The Labute approximate surface area is 173 Å². The lowest BCUT2D eigenvalue weighted by Crippen LogP contribution is -2.22. The molecule has 2 heterocycles. The van der Waals surface area contributed by atoms with E-state index in [1.165, 1.54) is 0 Å². The third-order valence-corrected chi connectivity index (χ3v) is 5.29. The predicted octanol–water partition coefficient (Wildman–Crippen LogP) is 5.22. The summed E-state index contributed by atoms with van der Waals surface area (Å²) in [5.74, 6) is 1.91. The molecule has 0 aliphatic rings. The smallest absolute Gasteiger partial charge is 0.251 e. The third-order valence-electron chi connectivity index (χ3n) is 4.41. The second-order valence-electron chi connectivity index (χ2n) is 6.46. The standard InChI is InChI=1S/C23H20N2O3S/c1-16-21(15-27-19-6-3-2-4-7-19)25-23(28-16)18-11-9-17(10-12-18)22(26)24-14-20-8-5-13-29-20/h2-13H,14-15H2,1H3,(H,24,26). The van der Waals surface area contributed by atoms with Crippen LogP contribution < -0.4 is 10.1 Å². The SMILES string of the molecule is Cc1oc(-c2ccc(C(=O)NCc3cccs3)cc2)nc1COc1ccccc1. The molecule has 2 aromatic heterocycles. The van der Waals surface area contributed by atoms with Crippen molar-refractivity contribution >= 4 is 17.2 Å². The summed E-state index contributed by atoms with van der Waals surface area (Å²) < 4.78 is 11.6. The quantitative estimate of drug-likeness (QED) is 0.459. The van der Waals surface area contributed by atoms with Crippen molar-refractivity contribution < 1.29 is 13.9 Å². The molecule has 0 atom stereocenters. The highest BCUT2D eigenvalue weighted by molar-refractivity contribution is 7.09. The van der Waals surface area contributed by atoms with Crippen molar-refractivity contribution in [2.75, 3.05) is 0 Å². The number of aryl methyl sites for hydroxylation is 1. The number of carbonyl (C=O) groups is 1. The number of nitrogens with zero attached hydrogens (tertiary/aromatic N) is 1. The fraction of sp³-hybridized carbons (Fsp3) is 0.130. The normalized spacial score (nSPS) is 10.7. The molecule has 0 fully saturated rings. The fourth-order valence-corrected chi connectivity index (χ4v) is 3.45. The summed E-state index contributed by atoms with van der Waals surface area (Å²) >= 11 is 1.62. The van der Waals surface area contributed by atoms with Crippen molar-refractivity contribution in [3.8, 4) is 17.2 Å². The summed E-state index contributed by atoms with van der Waals surface area (Å²) in [5.41, 5.74) is 2.16. The van der Waals surface area contributed by atoms with Crippen LogP contribution in [0.3, 0.4) is 0 Å². The van der Waals surface area contributed by atoms with Crippen LogP contribution in [-0.2, 0) is 13.2 Å². The van der Waals surface area contributed by atoms with Crippen LogP contribution in [0.1, 0.15) is 26.7 Å². The van der Waals surface area contributed by atoms with Crippen LogP contribution in [0.25, 0.3) is 11.5 Å². The Morgan fingerprint density at radius 2 is 1.86 bits per heavy atom. The van der Waals surface area contributed by atoms with Gasteiger partial charge in [-0.1, -0.05) is 24.3 Å². The number of amides is 1. The highest BCUT2D eigenvalue weighted by Gasteiger charge is 2.13. The van der Waals surface area contributed by atoms with Gasteiger partial charge in [0.1, 0.15) is 23.8 Å². The van der Waals surface area contributed by atoms with Gasteiger partial charge in [-0.25, -0.2) is 4.98 Å². The monoisotopic (exact) mass is 404 g/mol. The van der Waals surface area contributed by atoms with Crippen molar-refractivity contribution in [3.63, 3.8) is 0 Å². The second kappa shape index (κ2) is 8.75. The number of hydrogen-bond donors (Lipinski definition) is 1. The molecule has 1 amide bonds. The molecule has 0 saturated carbocycles. The average Bonchev–Trinajstić information content (AvgIpc) is 3.41. The molecule has 0 saturated heterocycles. The topological polar surface area (TPSA) is 64.4 Å². The first-order chi connectivity index (χ1) is 14.2. The van der Waals surface area contributed by atoms with Crippen LogP contribution in [0.2, 0.25) is 0 Å². The number of oxazole rings is 1. The van der Waals surface area contributed by atoms with Crippen LogP contribution in [0.4, 0.5) is 0 Å². The van der Waals surface area contributed by atoms with E-state index in [4.69, 9.17) is 9.15 Å². The van der Waals surface area contributed by atoms with E-state index in [2.05, 4.69) is 10.3 Å². The van der Waals surface area contributed by atoms with Gasteiger partial charge in [0.15, 0.2) is 0 Å². The van der Waals surface area contributed by atoms with E-state index in [0.717, 1.165) is 21.9 Å². The Hall–Kier alpha value is -3.38. The van der Waals surface area contributed by atoms with Gasteiger partial charge in [-0.3, -0.25) is 4.79 Å². The molecule has 0 bridgehead atoms. The molecule has 1 N–H and O–H groups in total. The molecule has 4 aromatic rings. The minimum atomic E-state index is -0.106. The molecular weight excluding hydrogens is 384 g/mol. The largest absolute Gasteiger partial charge is 0.487 e. The molecule has 0 aliphatic heterocycles. The number of aromatic nitrogens is 1. The molecule has 6 heteroatoms. The summed E-state index contributed by atoms with van der Waals surface area (Å²) in [7, 11) is 0. The van der Waals surface area contributed by atoms with Gasteiger partial charge < -0.3 is 14.5 Å². The van der Waals surface area contributed by atoms with Crippen LogP contribution in [0.5, 0.6) is 5.75 Å². The van der Waals surface area contributed by atoms with Gasteiger partial charge >= 0.3 is 0 Å². The molecule has 0 unspecified atom stereocenters. The van der Waals surface area contributed by atoms with E-state index in [-0.39, 0.29) is 5.91 Å². The van der Waals surface area contributed by atoms with Gasteiger partial charge in [-0.2, -0.15) is 0 Å². The highest BCUT2D eigenvalue weighted by atomic mass is 32.1. The van der Waals surface area contributed by atoms with Gasteiger partial charge in [-0.15, -0.1) is 11.3 Å². The molecule has 0 radical (unpaired) electrons. The van der Waals surface area contributed by atoms with Crippen LogP contribution in [0.15, 0.2) is 76.5 Å². The van der Waals surface area contributed by atoms with Crippen LogP contribution in [-0.4, -0.2) is 10.9 Å². The summed E-state index contributed by atoms with van der Waals surface area (Å²) in [5, 5.41) is 4.92.